The molecule has 23 heavy (non-hydrogen) atoms. The van der Waals surface area contributed by atoms with Gasteiger partial charge in [0.25, 0.3) is 0 Å². The van der Waals surface area contributed by atoms with Crippen LogP contribution in [0.3, 0.4) is 0 Å². The Hall–Kier alpha value is -3.41. The Morgan fingerprint density at radius 1 is 1.00 bits per heavy atom. The van der Waals surface area contributed by atoms with Gasteiger partial charge in [0, 0.05) is 23.5 Å². The summed E-state index contributed by atoms with van der Waals surface area (Å²) in [4.78, 5) is 18.6. The standard InChI is InChI=1S/C17H13N5O/c23-16-11-12(9-10-18-16)14-7-4-8-15-20-17(21-22(14)15)19-13-5-2-1-3-6-13/h1-11H,(H,18,23)(H,19,21). The summed E-state index contributed by atoms with van der Waals surface area (Å²) in [6.07, 6.45) is 1.62. The van der Waals surface area contributed by atoms with Crippen molar-refractivity contribution in [1.29, 1.82) is 0 Å². The second-order valence-corrected chi connectivity index (χ2v) is 5.05. The van der Waals surface area contributed by atoms with Crippen LogP contribution >= 0.6 is 0 Å². The van der Waals surface area contributed by atoms with E-state index in [0.29, 0.717) is 11.6 Å². The predicted molar refractivity (Wildman–Crippen MR) is 88.8 cm³/mol. The number of para-hydroxylation sites is 1. The lowest BCUT2D eigenvalue weighted by Crippen LogP contribution is -2.04. The Labute approximate surface area is 131 Å². The number of fused-ring (bicyclic) bond motifs is 1. The minimum atomic E-state index is -0.151. The number of nitrogens with one attached hydrogen (secondary N) is 2. The van der Waals surface area contributed by atoms with Crippen molar-refractivity contribution in [3.8, 4) is 11.3 Å². The van der Waals surface area contributed by atoms with Gasteiger partial charge in [-0.25, -0.2) is 4.52 Å². The molecule has 0 amide bonds. The summed E-state index contributed by atoms with van der Waals surface area (Å²) in [6.45, 7) is 0. The molecule has 0 fully saturated rings. The monoisotopic (exact) mass is 303 g/mol. The molecule has 0 atom stereocenters. The van der Waals surface area contributed by atoms with Crippen LogP contribution in [0.1, 0.15) is 0 Å². The number of rotatable bonds is 3. The van der Waals surface area contributed by atoms with Crippen LogP contribution in [0.25, 0.3) is 16.9 Å². The third kappa shape index (κ3) is 2.57. The third-order valence-corrected chi connectivity index (χ3v) is 3.46. The Balaban J connectivity index is 1.80. The highest BCUT2D eigenvalue weighted by Crippen LogP contribution is 2.20. The number of pyridine rings is 2. The van der Waals surface area contributed by atoms with Crippen LogP contribution in [0.4, 0.5) is 11.6 Å². The van der Waals surface area contributed by atoms with Gasteiger partial charge in [0.05, 0.1) is 5.69 Å². The molecule has 4 aromatic rings. The van der Waals surface area contributed by atoms with Crippen molar-refractivity contribution in [2.24, 2.45) is 0 Å². The van der Waals surface area contributed by atoms with Crippen molar-refractivity contribution in [2.75, 3.05) is 5.32 Å². The highest BCUT2D eigenvalue weighted by atomic mass is 16.1. The molecule has 3 heterocycles. The maximum atomic E-state index is 11.5. The largest absolute Gasteiger partial charge is 0.329 e. The second-order valence-electron chi connectivity index (χ2n) is 5.05. The Bertz CT molecular complexity index is 1020. The minimum Gasteiger partial charge on any atom is -0.329 e. The topological polar surface area (TPSA) is 75.1 Å². The first-order valence-electron chi connectivity index (χ1n) is 7.16. The second kappa shape index (κ2) is 5.42. The van der Waals surface area contributed by atoms with Gasteiger partial charge in [-0.1, -0.05) is 24.3 Å². The van der Waals surface area contributed by atoms with Crippen molar-refractivity contribution in [3.63, 3.8) is 0 Å². The maximum absolute atomic E-state index is 11.5. The fourth-order valence-corrected chi connectivity index (χ4v) is 2.43. The lowest BCUT2D eigenvalue weighted by molar-refractivity contribution is 0.972. The van der Waals surface area contributed by atoms with E-state index in [0.717, 1.165) is 16.9 Å². The summed E-state index contributed by atoms with van der Waals surface area (Å²) in [5, 5.41) is 7.67. The summed E-state index contributed by atoms with van der Waals surface area (Å²) in [6, 6.07) is 18.8. The number of nitrogens with zero attached hydrogens (tertiary/aromatic N) is 3. The minimum absolute atomic E-state index is 0.151. The maximum Gasteiger partial charge on any atom is 0.248 e. The van der Waals surface area contributed by atoms with Crippen LogP contribution in [0.5, 0.6) is 0 Å². The van der Waals surface area contributed by atoms with Gasteiger partial charge in [-0.05, 0) is 30.3 Å². The van der Waals surface area contributed by atoms with E-state index in [1.165, 1.54) is 0 Å². The molecule has 0 saturated heterocycles. The number of benzene rings is 1. The van der Waals surface area contributed by atoms with Crippen LogP contribution in [-0.4, -0.2) is 19.6 Å². The molecular formula is C17H13N5O. The molecule has 4 rings (SSSR count). The Morgan fingerprint density at radius 2 is 1.87 bits per heavy atom. The fourth-order valence-electron chi connectivity index (χ4n) is 2.43. The van der Waals surface area contributed by atoms with Gasteiger partial charge in [-0.2, -0.15) is 4.98 Å². The molecule has 0 aliphatic carbocycles. The molecule has 2 N–H and O–H groups in total. The number of hydrogen-bond donors (Lipinski definition) is 2. The summed E-state index contributed by atoms with van der Waals surface area (Å²) >= 11 is 0. The first kappa shape index (κ1) is 13.3. The summed E-state index contributed by atoms with van der Waals surface area (Å²) in [5.41, 5.74) is 3.07. The Kier molecular flexibility index (Phi) is 3.12. The highest BCUT2D eigenvalue weighted by Gasteiger charge is 2.09. The third-order valence-electron chi connectivity index (χ3n) is 3.46. The smallest absolute Gasteiger partial charge is 0.248 e. The van der Waals surface area contributed by atoms with E-state index in [-0.39, 0.29) is 5.56 Å². The molecule has 3 aromatic heterocycles. The van der Waals surface area contributed by atoms with Crippen molar-refractivity contribution in [2.45, 2.75) is 0 Å². The average Bonchev–Trinajstić information content (AvgIpc) is 2.98. The molecule has 6 heteroatoms. The summed E-state index contributed by atoms with van der Waals surface area (Å²) < 4.78 is 1.72. The molecule has 0 aliphatic heterocycles. The van der Waals surface area contributed by atoms with E-state index in [1.807, 2.05) is 54.6 Å². The van der Waals surface area contributed by atoms with Crippen LogP contribution in [0, 0.1) is 0 Å². The van der Waals surface area contributed by atoms with Crippen molar-refractivity contribution >= 4 is 17.3 Å². The van der Waals surface area contributed by atoms with Gasteiger partial charge in [0.15, 0.2) is 5.65 Å². The van der Waals surface area contributed by atoms with Gasteiger partial charge in [-0.3, -0.25) is 4.79 Å². The van der Waals surface area contributed by atoms with E-state index >= 15 is 0 Å². The van der Waals surface area contributed by atoms with Gasteiger partial charge in [0.2, 0.25) is 11.5 Å². The lowest BCUT2D eigenvalue weighted by atomic mass is 10.2. The first-order valence-corrected chi connectivity index (χ1v) is 7.16. The fraction of sp³-hybridized carbons (Fsp3) is 0. The van der Waals surface area contributed by atoms with Gasteiger partial charge in [0.1, 0.15) is 0 Å². The zero-order valence-corrected chi connectivity index (χ0v) is 12.1. The van der Waals surface area contributed by atoms with E-state index in [9.17, 15) is 4.79 Å². The van der Waals surface area contributed by atoms with Gasteiger partial charge < -0.3 is 10.3 Å². The number of aromatic amines is 1. The highest BCUT2D eigenvalue weighted by molar-refractivity contribution is 5.64. The molecule has 112 valence electrons. The van der Waals surface area contributed by atoms with Crippen molar-refractivity contribution < 1.29 is 0 Å². The van der Waals surface area contributed by atoms with E-state index in [1.54, 1.807) is 16.8 Å². The van der Waals surface area contributed by atoms with E-state index < -0.39 is 0 Å². The van der Waals surface area contributed by atoms with Crippen molar-refractivity contribution in [1.82, 2.24) is 19.6 Å². The normalized spacial score (nSPS) is 10.8. The first-order chi connectivity index (χ1) is 11.3. The molecule has 0 bridgehead atoms. The molecule has 6 nitrogen and oxygen atoms in total. The van der Waals surface area contributed by atoms with Gasteiger partial charge in [-0.15, -0.1) is 5.10 Å². The molecule has 1 aromatic carbocycles. The zero-order valence-electron chi connectivity index (χ0n) is 12.1. The SMILES string of the molecule is O=c1cc(-c2cccc3nc(Nc4ccccc4)nn23)cc[nH]1. The Morgan fingerprint density at radius 3 is 2.70 bits per heavy atom. The summed E-state index contributed by atoms with van der Waals surface area (Å²) in [7, 11) is 0. The molecule has 0 unspecified atom stereocenters. The van der Waals surface area contributed by atoms with E-state index in [2.05, 4.69) is 20.4 Å². The number of aromatic nitrogens is 4. The molecule has 0 spiro atoms. The molecule has 0 saturated carbocycles. The molecule has 0 aliphatic rings. The average molecular weight is 303 g/mol. The van der Waals surface area contributed by atoms with Crippen molar-refractivity contribution in [3.05, 3.63) is 77.2 Å². The van der Waals surface area contributed by atoms with E-state index in [4.69, 9.17) is 0 Å². The van der Waals surface area contributed by atoms with Gasteiger partial charge >= 0.3 is 0 Å². The molecule has 0 radical (unpaired) electrons. The predicted octanol–water partition coefficient (Wildman–Crippen LogP) is 2.83. The number of hydrogen-bond acceptors (Lipinski definition) is 4. The van der Waals surface area contributed by atoms with Crippen LogP contribution in [0.2, 0.25) is 0 Å². The van der Waals surface area contributed by atoms with Crippen LogP contribution < -0.4 is 10.9 Å². The summed E-state index contributed by atoms with van der Waals surface area (Å²) in [5.74, 6) is 0.508. The number of H-pyrrole nitrogens is 1. The lowest BCUT2D eigenvalue weighted by Gasteiger charge is -2.03. The van der Waals surface area contributed by atoms with Crippen LogP contribution in [0.15, 0.2) is 71.7 Å². The molecular weight excluding hydrogens is 290 g/mol. The number of anilines is 2. The quantitative estimate of drug-likeness (QED) is 0.610. The van der Waals surface area contributed by atoms with Crippen LogP contribution in [-0.2, 0) is 0 Å². The zero-order chi connectivity index (χ0) is 15.6.